The molecule has 1 N–H and O–H groups in total. The standard InChI is InChI=1S/C31H34N2O5/c1-6-37-25-16-10-21(11-17-25)28-27(29(34)22-8-7-9-26(18-22)38-19-20(2)3)30(35)31(36)33(28)24-14-12-23(13-15-24)32(4)5/h7-18,20,28,34H,6,19H2,1-5H3/b29-27+. The Morgan fingerprint density at radius 3 is 2.24 bits per heavy atom. The van der Waals surface area contributed by atoms with Crippen LogP contribution in [0.4, 0.5) is 11.4 Å². The Hall–Kier alpha value is -4.26. The summed E-state index contributed by atoms with van der Waals surface area (Å²) < 4.78 is 11.4. The van der Waals surface area contributed by atoms with Gasteiger partial charge in [0.05, 0.1) is 24.8 Å². The lowest BCUT2D eigenvalue weighted by Crippen LogP contribution is -2.29. The number of anilines is 2. The van der Waals surface area contributed by atoms with Gasteiger partial charge in [-0.2, -0.15) is 0 Å². The molecule has 1 unspecified atom stereocenters. The van der Waals surface area contributed by atoms with E-state index in [0.717, 1.165) is 5.69 Å². The first-order valence-electron chi connectivity index (χ1n) is 12.8. The summed E-state index contributed by atoms with van der Waals surface area (Å²) >= 11 is 0. The van der Waals surface area contributed by atoms with E-state index in [2.05, 4.69) is 0 Å². The molecule has 1 heterocycles. The van der Waals surface area contributed by atoms with Crippen molar-refractivity contribution in [1.29, 1.82) is 0 Å². The van der Waals surface area contributed by atoms with E-state index in [-0.39, 0.29) is 11.3 Å². The van der Waals surface area contributed by atoms with Gasteiger partial charge in [-0.25, -0.2) is 0 Å². The van der Waals surface area contributed by atoms with E-state index in [9.17, 15) is 14.7 Å². The molecule has 7 nitrogen and oxygen atoms in total. The fourth-order valence-corrected chi connectivity index (χ4v) is 4.39. The number of amides is 1. The van der Waals surface area contributed by atoms with Crippen molar-refractivity contribution in [2.45, 2.75) is 26.8 Å². The maximum absolute atomic E-state index is 13.5. The van der Waals surface area contributed by atoms with Crippen LogP contribution in [0.5, 0.6) is 11.5 Å². The zero-order chi connectivity index (χ0) is 27.4. The maximum atomic E-state index is 13.5. The second kappa shape index (κ2) is 11.4. The van der Waals surface area contributed by atoms with Crippen molar-refractivity contribution in [3.8, 4) is 11.5 Å². The van der Waals surface area contributed by atoms with Crippen LogP contribution in [0.15, 0.2) is 78.4 Å². The SMILES string of the molecule is CCOc1ccc(C2/C(=C(\O)c3cccc(OCC(C)C)c3)C(=O)C(=O)N2c2ccc(N(C)C)cc2)cc1. The second-order valence-electron chi connectivity index (χ2n) is 9.81. The predicted molar refractivity (Wildman–Crippen MR) is 150 cm³/mol. The van der Waals surface area contributed by atoms with Crippen molar-refractivity contribution < 1.29 is 24.2 Å². The summed E-state index contributed by atoms with van der Waals surface area (Å²) in [4.78, 5) is 30.3. The van der Waals surface area contributed by atoms with E-state index < -0.39 is 17.7 Å². The zero-order valence-corrected chi connectivity index (χ0v) is 22.5. The first-order chi connectivity index (χ1) is 18.2. The van der Waals surface area contributed by atoms with Gasteiger partial charge in [-0.15, -0.1) is 0 Å². The number of nitrogens with zero attached hydrogens (tertiary/aromatic N) is 2. The van der Waals surface area contributed by atoms with Gasteiger partial charge in [0.1, 0.15) is 17.3 Å². The van der Waals surface area contributed by atoms with E-state index in [4.69, 9.17) is 9.47 Å². The third-order valence-electron chi connectivity index (χ3n) is 6.29. The summed E-state index contributed by atoms with van der Waals surface area (Å²) in [5, 5.41) is 11.5. The highest BCUT2D eigenvalue weighted by Crippen LogP contribution is 2.43. The molecule has 0 bridgehead atoms. The smallest absolute Gasteiger partial charge is 0.300 e. The largest absolute Gasteiger partial charge is 0.507 e. The van der Waals surface area contributed by atoms with Crippen molar-refractivity contribution in [3.05, 3.63) is 89.5 Å². The van der Waals surface area contributed by atoms with Crippen LogP contribution in [-0.4, -0.2) is 44.1 Å². The fourth-order valence-electron chi connectivity index (χ4n) is 4.39. The lowest BCUT2D eigenvalue weighted by molar-refractivity contribution is -0.132. The van der Waals surface area contributed by atoms with Crippen LogP contribution in [0.2, 0.25) is 0 Å². The molecule has 1 fully saturated rings. The fraction of sp³-hybridized carbons (Fsp3) is 0.290. The van der Waals surface area contributed by atoms with Gasteiger partial charge in [-0.3, -0.25) is 14.5 Å². The molecule has 0 spiro atoms. The highest BCUT2D eigenvalue weighted by Gasteiger charge is 2.47. The van der Waals surface area contributed by atoms with Crippen molar-refractivity contribution in [2.75, 3.05) is 37.1 Å². The molecule has 3 aromatic rings. The number of ketones is 1. The van der Waals surface area contributed by atoms with Gasteiger partial charge in [-0.1, -0.05) is 38.1 Å². The number of hydrogen-bond acceptors (Lipinski definition) is 6. The molecule has 1 aliphatic rings. The number of Topliss-reactive ketones (excluding diaryl/α,β-unsaturated/α-hetero) is 1. The van der Waals surface area contributed by atoms with Crippen LogP contribution in [0.3, 0.4) is 0 Å². The number of benzene rings is 3. The molecule has 1 atom stereocenters. The number of rotatable bonds is 9. The number of aliphatic hydroxyl groups excluding tert-OH is 1. The third-order valence-corrected chi connectivity index (χ3v) is 6.29. The number of carbonyl (C=O) groups is 2. The Kier molecular flexibility index (Phi) is 8.05. The van der Waals surface area contributed by atoms with Gasteiger partial charge >= 0.3 is 0 Å². The number of hydrogen-bond donors (Lipinski definition) is 1. The third kappa shape index (κ3) is 5.52. The van der Waals surface area contributed by atoms with Crippen molar-refractivity contribution in [1.82, 2.24) is 0 Å². The van der Waals surface area contributed by atoms with Gasteiger partial charge < -0.3 is 19.5 Å². The highest BCUT2D eigenvalue weighted by molar-refractivity contribution is 6.51. The maximum Gasteiger partial charge on any atom is 0.300 e. The Morgan fingerprint density at radius 1 is 0.947 bits per heavy atom. The molecule has 0 saturated carbocycles. The number of aliphatic hydroxyl groups is 1. The average Bonchev–Trinajstić information content (AvgIpc) is 3.18. The number of carbonyl (C=O) groups excluding carboxylic acids is 2. The van der Waals surface area contributed by atoms with Crippen LogP contribution in [0, 0.1) is 5.92 Å². The Morgan fingerprint density at radius 2 is 1.63 bits per heavy atom. The van der Waals surface area contributed by atoms with Crippen LogP contribution in [0.25, 0.3) is 5.76 Å². The molecule has 198 valence electrons. The van der Waals surface area contributed by atoms with E-state index >= 15 is 0 Å². The molecule has 3 aromatic carbocycles. The number of ether oxygens (including phenoxy) is 2. The topological polar surface area (TPSA) is 79.3 Å². The Bertz CT molecular complexity index is 1330. The minimum atomic E-state index is -0.823. The molecule has 4 rings (SSSR count). The monoisotopic (exact) mass is 514 g/mol. The summed E-state index contributed by atoms with van der Waals surface area (Å²) in [7, 11) is 3.86. The lowest BCUT2D eigenvalue weighted by atomic mass is 9.95. The first-order valence-corrected chi connectivity index (χ1v) is 12.8. The minimum Gasteiger partial charge on any atom is -0.507 e. The predicted octanol–water partition coefficient (Wildman–Crippen LogP) is 5.81. The van der Waals surface area contributed by atoms with Crippen LogP contribution < -0.4 is 19.3 Å². The van der Waals surface area contributed by atoms with Gasteiger partial charge in [0.25, 0.3) is 11.7 Å². The van der Waals surface area contributed by atoms with Crippen molar-refractivity contribution in [3.63, 3.8) is 0 Å². The molecule has 1 aliphatic heterocycles. The van der Waals surface area contributed by atoms with Crippen molar-refractivity contribution in [2.24, 2.45) is 5.92 Å². The summed E-state index contributed by atoms with van der Waals surface area (Å²) in [6, 6.07) is 20.7. The van der Waals surface area contributed by atoms with Crippen LogP contribution >= 0.6 is 0 Å². The van der Waals surface area contributed by atoms with Crippen LogP contribution in [0.1, 0.15) is 37.9 Å². The molecule has 0 radical (unpaired) electrons. The summed E-state index contributed by atoms with van der Waals surface area (Å²) in [5.41, 5.74) is 2.63. The molecule has 1 amide bonds. The summed E-state index contributed by atoms with van der Waals surface area (Å²) in [6.45, 7) is 7.04. The van der Waals surface area contributed by atoms with E-state index in [1.165, 1.54) is 4.90 Å². The second-order valence-corrected chi connectivity index (χ2v) is 9.81. The molecule has 38 heavy (non-hydrogen) atoms. The van der Waals surface area contributed by atoms with Crippen molar-refractivity contribution >= 4 is 28.8 Å². The zero-order valence-electron chi connectivity index (χ0n) is 22.5. The normalized spacial score (nSPS) is 16.7. The summed E-state index contributed by atoms with van der Waals surface area (Å²) in [5.74, 6) is -0.102. The first kappa shape index (κ1) is 26.8. The summed E-state index contributed by atoms with van der Waals surface area (Å²) in [6.07, 6.45) is 0. The van der Waals surface area contributed by atoms with Gasteiger partial charge in [0.15, 0.2) is 0 Å². The molecule has 1 saturated heterocycles. The molecule has 0 aliphatic carbocycles. The highest BCUT2D eigenvalue weighted by atomic mass is 16.5. The van der Waals surface area contributed by atoms with Gasteiger partial charge in [0, 0.05) is 31.0 Å². The Balaban J connectivity index is 1.84. The minimum absolute atomic E-state index is 0.0249. The van der Waals surface area contributed by atoms with E-state index in [0.29, 0.717) is 47.4 Å². The van der Waals surface area contributed by atoms with Crippen LogP contribution in [-0.2, 0) is 9.59 Å². The Labute approximate surface area is 223 Å². The quantitative estimate of drug-likeness (QED) is 0.220. The molecule has 7 heteroatoms. The van der Waals surface area contributed by atoms with E-state index in [1.54, 1.807) is 36.4 Å². The molecular weight excluding hydrogens is 480 g/mol. The van der Waals surface area contributed by atoms with Gasteiger partial charge in [0.2, 0.25) is 0 Å². The lowest BCUT2D eigenvalue weighted by Gasteiger charge is -2.26. The van der Waals surface area contributed by atoms with E-state index in [1.807, 2.05) is 76.2 Å². The van der Waals surface area contributed by atoms with Gasteiger partial charge in [-0.05, 0) is 66.9 Å². The average molecular weight is 515 g/mol. The molecule has 0 aromatic heterocycles. The molecular formula is C31H34N2O5.